The number of amides is 1. The molecule has 1 amide bonds. The van der Waals surface area contributed by atoms with E-state index >= 15 is 0 Å². The normalized spacial score (nSPS) is 11.9. The minimum atomic E-state index is -1.00. The topological polar surface area (TPSA) is 86.6 Å². The van der Waals surface area contributed by atoms with Crippen molar-refractivity contribution < 1.29 is 19.8 Å². The molecule has 1 unspecified atom stereocenters. The van der Waals surface area contributed by atoms with Crippen molar-refractivity contribution in [1.29, 1.82) is 0 Å². The molecular weight excluding hydrogens is 314 g/mol. The zero-order chi connectivity index (χ0) is 14.3. The van der Waals surface area contributed by atoms with Crippen molar-refractivity contribution in [3.8, 4) is 0 Å². The standard InChI is InChI=1S/C13H16BrNO4/c14-11-4-2-1-3-9(11)7-10(13(18)19)8-12(17)15-5-6-16/h1-4,10,16H,5-8H2,(H,15,17)(H,18,19). The molecule has 0 saturated heterocycles. The van der Waals surface area contributed by atoms with Gasteiger partial charge in [0.05, 0.1) is 12.5 Å². The molecule has 0 aliphatic heterocycles. The monoisotopic (exact) mass is 329 g/mol. The van der Waals surface area contributed by atoms with Gasteiger partial charge in [-0.15, -0.1) is 0 Å². The number of hydrogen-bond acceptors (Lipinski definition) is 3. The van der Waals surface area contributed by atoms with Gasteiger partial charge < -0.3 is 15.5 Å². The van der Waals surface area contributed by atoms with Crippen LogP contribution in [0.2, 0.25) is 0 Å². The first-order chi connectivity index (χ1) is 9.04. The Bertz CT molecular complexity index is 450. The molecule has 0 bridgehead atoms. The van der Waals surface area contributed by atoms with Crippen molar-refractivity contribution >= 4 is 27.8 Å². The minimum absolute atomic E-state index is 0.101. The van der Waals surface area contributed by atoms with Crippen molar-refractivity contribution in [2.24, 2.45) is 5.92 Å². The number of benzene rings is 1. The van der Waals surface area contributed by atoms with Crippen molar-refractivity contribution in [1.82, 2.24) is 5.32 Å². The summed E-state index contributed by atoms with van der Waals surface area (Å²) in [6.45, 7) is -0.0199. The number of hydrogen-bond donors (Lipinski definition) is 3. The van der Waals surface area contributed by atoms with Gasteiger partial charge in [-0.3, -0.25) is 9.59 Å². The third kappa shape index (κ3) is 5.40. The molecular formula is C13H16BrNO4. The average molecular weight is 330 g/mol. The van der Waals surface area contributed by atoms with E-state index in [4.69, 9.17) is 10.2 Å². The van der Waals surface area contributed by atoms with Crippen molar-refractivity contribution in [2.75, 3.05) is 13.2 Å². The highest BCUT2D eigenvalue weighted by molar-refractivity contribution is 9.10. The maximum absolute atomic E-state index is 11.5. The molecule has 1 aromatic rings. The molecule has 0 aliphatic rings. The number of carbonyl (C=O) groups is 2. The van der Waals surface area contributed by atoms with Gasteiger partial charge in [-0.2, -0.15) is 0 Å². The van der Waals surface area contributed by atoms with Crippen LogP contribution in [0.1, 0.15) is 12.0 Å². The zero-order valence-electron chi connectivity index (χ0n) is 10.3. The van der Waals surface area contributed by atoms with Gasteiger partial charge in [-0.25, -0.2) is 0 Å². The van der Waals surface area contributed by atoms with Gasteiger partial charge >= 0.3 is 5.97 Å². The van der Waals surface area contributed by atoms with Gasteiger partial charge in [0.1, 0.15) is 0 Å². The van der Waals surface area contributed by atoms with Crippen molar-refractivity contribution in [2.45, 2.75) is 12.8 Å². The lowest BCUT2D eigenvalue weighted by atomic mass is 9.96. The van der Waals surface area contributed by atoms with Crippen LogP contribution in [0.15, 0.2) is 28.7 Å². The number of rotatable bonds is 7. The molecule has 0 radical (unpaired) electrons. The molecule has 1 rings (SSSR count). The SMILES string of the molecule is O=C(CC(Cc1ccccc1Br)C(=O)O)NCCO. The van der Waals surface area contributed by atoms with Gasteiger partial charge in [-0.05, 0) is 18.1 Å². The molecule has 0 aromatic heterocycles. The van der Waals surface area contributed by atoms with Crippen LogP contribution in [0.4, 0.5) is 0 Å². The van der Waals surface area contributed by atoms with E-state index in [2.05, 4.69) is 21.2 Å². The first-order valence-corrected chi connectivity index (χ1v) is 6.67. The average Bonchev–Trinajstić information content (AvgIpc) is 2.38. The van der Waals surface area contributed by atoms with Gasteiger partial charge in [0, 0.05) is 17.4 Å². The summed E-state index contributed by atoms with van der Waals surface area (Å²) >= 11 is 3.36. The maximum atomic E-state index is 11.5. The molecule has 0 saturated carbocycles. The van der Waals surface area contributed by atoms with E-state index in [0.29, 0.717) is 0 Å². The Morgan fingerprint density at radius 3 is 2.58 bits per heavy atom. The van der Waals surface area contributed by atoms with Crippen LogP contribution in [0.3, 0.4) is 0 Å². The molecule has 6 heteroatoms. The third-order valence-electron chi connectivity index (χ3n) is 2.64. The molecule has 0 fully saturated rings. The second kappa shape index (κ2) is 7.91. The quantitative estimate of drug-likeness (QED) is 0.701. The molecule has 104 valence electrons. The molecule has 5 nitrogen and oxygen atoms in total. The second-order valence-corrected chi connectivity index (χ2v) is 4.96. The Labute approximate surface area is 119 Å². The van der Waals surface area contributed by atoms with E-state index in [1.807, 2.05) is 24.3 Å². The van der Waals surface area contributed by atoms with Gasteiger partial charge in [-0.1, -0.05) is 34.1 Å². The molecule has 0 heterocycles. The highest BCUT2D eigenvalue weighted by atomic mass is 79.9. The van der Waals surface area contributed by atoms with Crippen molar-refractivity contribution in [3.63, 3.8) is 0 Å². The van der Waals surface area contributed by atoms with Crippen LogP contribution >= 0.6 is 15.9 Å². The third-order valence-corrected chi connectivity index (χ3v) is 3.41. The summed E-state index contributed by atoms with van der Waals surface area (Å²) in [6.07, 6.45) is 0.181. The van der Waals surface area contributed by atoms with Crippen LogP contribution in [0.5, 0.6) is 0 Å². The fourth-order valence-electron chi connectivity index (χ4n) is 1.67. The lowest BCUT2D eigenvalue weighted by Crippen LogP contribution is -2.31. The van der Waals surface area contributed by atoms with Gasteiger partial charge in [0.25, 0.3) is 0 Å². The number of carboxylic acids is 1. The predicted octanol–water partition coefficient (Wildman–Crippen LogP) is 1.19. The maximum Gasteiger partial charge on any atom is 0.307 e. The number of aliphatic carboxylic acids is 1. The molecule has 19 heavy (non-hydrogen) atoms. The van der Waals surface area contributed by atoms with Crippen LogP contribution in [-0.4, -0.2) is 35.2 Å². The summed E-state index contributed by atoms with van der Waals surface area (Å²) < 4.78 is 0.831. The molecule has 3 N–H and O–H groups in total. The van der Waals surface area contributed by atoms with Gasteiger partial charge in [0.2, 0.25) is 5.91 Å². The summed E-state index contributed by atoms with van der Waals surface area (Å²) in [7, 11) is 0. The Hall–Kier alpha value is -1.40. The fraction of sp³-hybridized carbons (Fsp3) is 0.385. The molecule has 0 aliphatic carbocycles. The van der Waals surface area contributed by atoms with E-state index in [-0.39, 0.29) is 31.9 Å². The summed E-state index contributed by atoms with van der Waals surface area (Å²) in [5, 5.41) is 20.2. The largest absolute Gasteiger partial charge is 0.481 e. The van der Waals surface area contributed by atoms with E-state index in [1.54, 1.807) is 0 Å². The van der Waals surface area contributed by atoms with Crippen LogP contribution in [-0.2, 0) is 16.0 Å². The highest BCUT2D eigenvalue weighted by Gasteiger charge is 2.22. The van der Waals surface area contributed by atoms with Crippen molar-refractivity contribution in [3.05, 3.63) is 34.3 Å². The van der Waals surface area contributed by atoms with E-state index in [1.165, 1.54) is 0 Å². The van der Waals surface area contributed by atoms with Crippen LogP contribution in [0, 0.1) is 5.92 Å². The summed E-state index contributed by atoms with van der Waals surface area (Å²) in [5.74, 6) is -2.15. The Balaban J connectivity index is 2.66. The summed E-state index contributed by atoms with van der Waals surface area (Å²) in [6, 6.07) is 7.33. The van der Waals surface area contributed by atoms with Crippen LogP contribution < -0.4 is 5.32 Å². The van der Waals surface area contributed by atoms with E-state index < -0.39 is 11.9 Å². The Morgan fingerprint density at radius 1 is 1.32 bits per heavy atom. The molecule has 1 atom stereocenters. The fourth-order valence-corrected chi connectivity index (χ4v) is 2.11. The first kappa shape index (κ1) is 15.7. The van der Waals surface area contributed by atoms with Gasteiger partial charge in [0.15, 0.2) is 0 Å². The Kier molecular flexibility index (Phi) is 6.52. The number of carbonyl (C=O) groups excluding carboxylic acids is 1. The number of aliphatic hydroxyl groups is 1. The molecule has 0 spiro atoms. The highest BCUT2D eigenvalue weighted by Crippen LogP contribution is 2.21. The number of carboxylic acid groups (broad SMARTS) is 1. The van der Waals surface area contributed by atoms with Crippen LogP contribution in [0.25, 0.3) is 0 Å². The summed E-state index contributed by atoms with van der Waals surface area (Å²) in [5.41, 5.74) is 0.852. The van der Waals surface area contributed by atoms with E-state index in [9.17, 15) is 9.59 Å². The first-order valence-electron chi connectivity index (χ1n) is 5.88. The number of aliphatic hydroxyl groups excluding tert-OH is 1. The zero-order valence-corrected chi connectivity index (χ0v) is 11.9. The number of nitrogens with one attached hydrogen (secondary N) is 1. The predicted molar refractivity (Wildman–Crippen MR) is 73.7 cm³/mol. The minimum Gasteiger partial charge on any atom is -0.481 e. The smallest absolute Gasteiger partial charge is 0.307 e. The second-order valence-electron chi connectivity index (χ2n) is 4.11. The molecule has 1 aromatic carbocycles. The Morgan fingerprint density at radius 2 is 2.00 bits per heavy atom. The lowest BCUT2D eigenvalue weighted by Gasteiger charge is -2.13. The summed E-state index contributed by atoms with van der Waals surface area (Å²) in [4.78, 5) is 22.7. The van der Waals surface area contributed by atoms with E-state index in [0.717, 1.165) is 10.0 Å². The lowest BCUT2D eigenvalue weighted by molar-refractivity contribution is -0.144. The number of halogens is 1.